The van der Waals surface area contributed by atoms with Crippen molar-refractivity contribution in [2.75, 3.05) is 0 Å². The van der Waals surface area contributed by atoms with E-state index in [4.69, 9.17) is 40.7 Å². The first kappa shape index (κ1) is 77.8. The Morgan fingerprint density at radius 2 is 0.739 bits per heavy atom. The van der Waals surface area contributed by atoms with E-state index in [0.29, 0.717) is 0 Å². The number of carbonyl (C=O) groups excluding carboxylic acids is 2. The summed E-state index contributed by atoms with van der Waals surface area (Å²) in [6, 6.07) is 23.9. The van der Waals surface area contributed by atoms with E-state index in [1.807, 2.05) is 120 Å². The van der Waals surface area contributed by atoms with Crippen LogP contribution in [0.5, 0.6) is 0 Å². The molecule has 498 valence electrons. The first-order chi connectivity index (χ1) is 39.2. The Kier molecular flexibility index (Phi) is 23.6. The zero-order valence-electron chi connectivity index (χ0n) is 57.8. The van der Waals surface area contributed by atoms with Gasteiger partial charge in [0.25, 0.3) is 0 Å². The lowest BCUT2D eigenvalue weighted by Gasteiger charge is -2.67. The van der Waals surface area contributed by atoms with E-state index >= 15 is 0 Å². The van der Waals surface area contributed by atoms with Crippen LogP contribution in [0.2, 0.25) is 133 Å². The van der Waals surface area contributed by atoms with Crippen molar-refractivity contribution >= 4 is 70.0 Å². The fraction of sp³-hybridized carbons (Fsp3) is 0.746. The van der Waals surface area contributed by atoms with Crippen LogP contribution >= 0.6 is 0 Å². The first-order valence-corrected chi connectivity index (χ1v) is 53.2. The minimum absolute atomic E-state index is 0. The van der Waals surface area contributed by atoms with Crippen LogP contribution in [0.15, 0.2) is 60.7 Å². The molecular weight excluding hydrogens is 1230 g/mol. The molecule has 2 aliphatic carbocycles. The van der Waals surface area contributed by atoms with Crippen molar-refractivity contribution in [3.8, 4) is 12.1 Å². The number of hydrogen-bond donors (Lipinski definition) is 3. The molecule has 2 heterocycles. The van der Waals surface area contributed by atoms with Gasteiger partial charge in [-0.3, -0.25) is 19.3 Å². The standard InChI is InChI=1S/C34H62N2O7Si4.C28H48N2O7Si3.CH4/c1-31(2,3)46(13,14)41-28-27(38)33(22-26(37)36(33)39-23-25-20-18-17-19-21-25)29(40-44(7,8)9)30(42-47(15,16)32(4,5)6)34(28,24-35)43-45(10,11)12;1-26(2,3)40(10,11)36-25-24(35-38(4,5)6)27(22(32)23(33)28(25,19-29)37-39(7,8)9)17-21(31)30(27)34-18-20-15-13-12-14-16-20;/h17-21,27-30,38H,22-23H2,1-16H3;12-16,22-25,32-33H,17-18H2,1-11H3;1H4/t27-,28-,29-,30+,33-,34+;22-,23+,24-,25+,27-,28+;/m11./s1. The molecule has 4 aliphatic rings. The largest absolute Gasteiger partial charge is 0.409 e. The van der Waals surface area contributed by atoms with Gasteiger partial charge in [-0.25, -0.2) is 10.1 Å². The summed E-state index contributed by atoms with van der Waals surface area (Å²) in [5.74, 6) is -0.607. The summed E-state index contributed by atoms with van der Waals surface area (Å²) in [5.41, 5.74) is -4.77. The minimum Gasteiger partial charge on any atom is -0.409 e. The molecular formula is C63H114N4O14Si7. The molecule has 6 rings (SSSR count). The summed E-state index contributed by atoms with van der Waals surface area (Å²) in [6.07, 6.45) is -9.95. The van der Waals surface area contributed by atoms with Crippen molar-refractivity contribution < 1.29 is 65.6 Å². The molecule has 12 atom stereocenters. The Morgan fingerprint density at radius 3 is 1.02 bits per heavy atom. The van der Waals surface area contributed by atoms with E-state index in [9.17, 15) is 35.4 Å². The molecule has 2 aromatic carbocycles. The third-order valence-corrected chi connectivity index (χ3v) is 35.5. The highest BCUT2D eigenvalue weighted by Gasteiger charge is 2.79. The lowest BCUT2D eigenvalue weighted by molar-refractivity contribution is -0.342. The normalized spacial score (nSPS) is 30.2. The number of amides is 2. The lowest BCUT2D eigenvalue weighted by atomic mass is 9.62. The number of benzene rings is 2. The minimum atomic E-state index is -2.67. The molecule has 2 saturated heterocycles. The van der Waals surface area contributed by atoms with Crippen LogP contribution in [0.4, 0.5) is 0 Å². The van der Waals surface area contributed by atoms with E-state index in [2.05, 4.69) is 133 Å². The van der Waals surface area contributed by atoms with Crippen molar-refractivity contribution in [1.29, 1.82) is 10.5 Å². The van der Waals surface area contributed by atoms with Gasteiger partial charge in [-0.2, -0.15) is 10.5 Å². The highest BCUT2D eigenvalue weighted by atomic mass is 28.4. The predicted octanol–water partition coefficient (Wildman–Crippen LogP) is 12.8. The number of carbonyl (C=O) groups is 2. The molecule has 2 aromatic rings. The SMILES string of the molecule is C.CC(C)(C)[Si](C)(C)O[C@@H]1[C@@H](O)[C@]2(CC(=O)N2OCc2ccccc2)[C@H](O[Si](C)(C)C)[C@H](O[Si](C)(C)C(C)(C)C)[C@@]1(C#N)O[Si](C)(C)C.CC(C)(C)[Si](C)(C)O[C@H]1[C@@H](O[Si](C)(C)C)[C@@]2(CC(=O)N2OCc2ccccc2)[C@H](O)[C@H](O)[C@]1(C#N)O[Si](C)(C)C. The van der Waals surface area contributed by atoms with Crippen molar-refractivity contribution in [2.24, 2.45) is 0 Å². The van der Waals surface area contributed by atoms with Gasteiger partial charge in [0.15, 0.2) is 63.8 Å². The van der Waals surface area contributed by atoms with E-state index < -0.39 is 129 Å². The molecule has 0 bridgehead atoms. The van der Waals surface area contributed by atoms with Gasteiger partial charge in [0, 0.05) is 0 Å². The molecule has 88 heavy (non-hydrogen) atoms. The maximum absolute atomic E-state index is 13.6. The van der Waals surface area contributed by atoms with Crippen molar-refractivity contribution in [3.63, 3.8) is 0 Å². The summed E-state index contributed by atoms with van der Waals surface area (Å²) in [6.45, 7) is 56.0. The lowest BCUT2D eigenvalue weighted by Crippen LogP contribution is -2.88. The second kappa shape index (κ2) is 26.7. The van der Waals surface area contributed by atoms with Gasteiger partial charge < -0.3 is 46.3 Å². The van der Waals surface area contributed by atoms with Gasteiger partial charge in [0.1, 0.15) is 85.3 Å². The van der Waals surface area contributed by atoms with Gasteiger partial charge in [-0.1, -0.05) is 130 Å². The second-order valence-electron chi connectivity index (χ2n) is 33.0. The van der Waals surface area contributed by atoms with Crippen LogP contribution in [0.3, 0.4) is 0 Å². The van der Waals surface area contributed by atoms with Gasteiger partial charge in [-0.05, 0) is 144 Å². The summed E-state index contributed by atoms with van der Waals surface area (Å²) in [5, 5.41) is 60.6. The highest BCUT2D eigenvalue weighted by molar-refractivity contribution is 6.75. The summed E-state index contributed by atoms with van der Waals surface area (Å²) < 4.78 is 48.9. The van der Waals surface area contributed by atoms with Crippen LogP contribution in [-0.4, -0.2) is 167 Å². The summed E-state index contributed by atoms with van der Waals surface area (Å²) in [4.78, 5) is 39.2. The smallest absolute Gasteiger partial charge is 0.249 e. The fourth-order valence-electron chi connectivity index (χ4n) is 11.0. The number of nitrogens with zero attached hydrogens (tertiary/aromatic N) is 4. The average Bonchev–Trinajstić information content (AvgIpc) is 0.691. The fourth-order valence-corrected chi connectivity index (χ4v) is 19.6. The van der Waals surface area contributed by atoms with Crippen LogP contribution in [0, 0.1) is 22.7 Å². The molecule has 0 unspecified atom stereocenters. The zero-order valence-corrected chi connectivity index (χ0v) is 64.8. The van der Waals surface area contributed by atoms with Gasteiger partial charge >= 0.3 is 0 Å². The Morgan fingerprint density at radius 1 is 0.443 bits per heavy atom. The highest BCUT2D eigenvalue weighted by Crippen LogP contribution is 2.57. The van der Waals surface area contributed by atoms with Crippen molar-refractivity contribution in [2.45, 2.75) is 300 Å². The van der Waals surface area contributed by atoms with E-state index in [1.54, 1.807) is 0 Å². The Balaban J connectivity index is 0.000000377. The predicted molar refractivity (Wildman–Crippen MR) is 364 cm³/mol. The number of aliphatic hydroxyl groups excluding tert-OH is 3. The molecule has 18 nitrogen and oxygen atoms in total. The number of aliphatic hydroxyl groups is 3. The summed E-state index contributed by atoms with van der Waals surface area (Å²) >= 11 is 0. The third-order valence-electron chi connectivity index (χ3n) is 18.3. The maximum Gasteiger partial charge on any atom is 0.249 e. The molecule has 25 heteroatoms. The molecule has 3 N–H and O–H groups in total. The van der Waals surface area contributed by atoms with E-state index in [1.165, 1.54) is 5.06 Å². The summed E-state index contributed by atoms with van der Waals surface area (Å²) in [7, 11) is -17.8. The Labute approximate surface area is 537 Å². The molecule has 2 saturated carbocycles. The monoisotopic (exact) mass is 1350 g/mol. The van der Waals surface area contributed by atoms with Crippen LogP contribution in [-0.2, 0) is 63.5 Å². The first-order valence-electron chi connectivity index (χ1n) is 30.8. The quantitative estimate of drug-likeness (QED) is 0.0826. The van der Waals surface area contributed by atoms with E-state index in [-0.39, 0.29) is 60.4 Å². The number of nitriles is 2. The van der Waals surface area contributed by atoms with Crippen LogP contribution in [0.1, 0.15) is 93.7 Å². The average molecular weight is 1350 g/mol. The number of hydrogen-bond acceptors (Lipinski definition) is 16. The van der Waals surface area contributed by atoms with Crippen molar-refractivity contribution in [3.05, 3.63) is 71.8 Å². The van der Waals surface area contributed by atoms with Gasteiger partial charge in [0.05, 0.1) is 12.8 Å². The van der Waals surface area contributed by atoms with Crippen molar-refractivity contribution in [1.82, 2.24) is 10.1 Å². The zero-order chi connectivity index (χ0) is 66.8. The van der Waals surface area contributed by atoms with Crippen LogP contribution < -0.4 is 0 Å². The molecule has 2 amide bonds. The molecule has 2 spiro atoms. The molecule has 0 aromatic heterocycles. The van der Waals surface area contributed by atoms with Crippen LogP contribution in [0.25, 0.3) is 0 Å². The van der Waals surface area contributed by atoms with E-state index in [0.717, 1.165) is 16.2 Å². The Hall–Kier alpha value is -2.60. The third kappa shape index (κ3) is 16.1. The number of rotatable bonds is 20. The number of β-lactam (4-membered cyclic amide) rings is 2. The number of hydroxylamine groups is 4. The molecule has 0 radical (unpaired) electrons. The second-order valence-corrected chi connectivity index (χ2v) is 65.0. The topological polar surface area (TPSA) is 232 Å². The molecule has 4 fully saturated rings. The van der Waals surface area contributed by atoms with Gasteiger partial charge in [-0.15, -0.1) is 0 Å². The molecule has 2 aliphatic heterocycles. The van der Waals surface area contributed by atoms with Gasteiger partial charge in [0.2, 0.25) is 17.4 Å². The Bertz CT molecular complexity index is 2800. The maximum atomic E-state index is 13.6.